The molecule has 0 saturated heterocycles. The Balaban J connectivity index is -0.0000000955. The third-order valence-corrected chi connectivity index (χ3v) is 3.34. The topological polar surface area (TPSA) is 308 Å². The van der Waals surface area contributed by atoms with Crippen molar-refractivity contribution >= 4 is 29.8 Å². The molecule has 16 heteroatoms. The fourth-order valence-corrected chi connectivity index (χ4v) is 0.671. The van der Waals surface area contributed by atoms with Crippen molar-refractivity contribution in [2.24, 2.45) is 0 Å². The van der Waals surface area contributed by atoms with E-state index in [4.69, 9.17) is 56.2 Å². The van der Waals surface area contributed by atoms with E-state index in [1.54, 1.807) is 0 Å². The smallest absolute Gasteiger partial charge is 0.330 e. The second-order valence-electron chi connectivity index (χ2n) is 7.91. The van der Waals surface area contributed by atoms with Gasteiger partial charge in [0, 0.05) is 27.9 Å². The van der Waals surface area contributed by atoms with Crippen molar-refractivity contribution < 1.29 is 80.1 Å². The average molecular weight is 613 g/mol. The molecule has 4 unspecified atom stereocenters. The first-order valence-corrected chi connectivity index (χ1v) is 11.1. The van der Waals surface area contributed by atoms with E-state index in [2.05, 4.69) is 32.9 Å². The highest BCUT2D eigenvalue weighted by molar-refractivity contribution is 5.86. The number of carboxylic acid groups (broad SMARTS) is 5. The molecule has 0 aliphatic heterocycles. The highest BCUT2D eigenvalue weighted by atomic mass is 16.4. The van der Waals surface area contributed by atoms with Crippen LogP contribution in [0.4, 0.5) is 0 Å². The van der Waals surface area contributed by atoms with Gasteiger partial charge in [-0.2, -0.15) is 0 Å². The number of carbonyl (C=O) groups is 5. The maximum atomic E-state index is 9.60. The summed E-state index contributed by atoms with van der Waals surface area (Å²) in [5.41, 5.74) is 0.880. The lowest BCUT2D eigenvalue weighted by molar-refractivity contribution is -0.133. The van der Waals surface area contributed by atoms with Gasteiger partial charge < -0.3 is 56.2 Å². The largest absolute Gasteiger partial charge is 0.478 e. The van der Waals surface area contributed by atoms with Gasteiger partial charge in [-0.15, -0.1) is 0 Å². The summed E-state index contributed by atoms with van der Waals surface area (Å²) in [6, 6.07) is 0. The van der Waals surface area contributed by atoms with E-state index in [0.717, 1.165) is 0 Å². The molecule has 4 atom stereocenters. The minimum absolute atomic E-state index is 0.176. The van der Waals surface area contributed by atoms with Crippen molar-refractivity contribution in [1.29, 1.82) is 0 Å². The molecular weight excluding hydrogens is 568 g/mol. The highest BCUT2D eigenvalue weighted by Crippen LogP contribution is 2.04. The standard InChI is InChI=1S/C6H14O6.5C4H6O2/c7-1-3(9)5(11)6(12)4(10)2-8;5*1-3(2)4(5)6/h3-12H,1-2H2;5*1H2,2H3,(H,5,6). The Kier molecular flexibility index (Phi) is 35.9. The predicted octanol–water partition coefficient (Wildman–Crippen LogP) is -0.350. The molecule has 0 aromatic heterocycles. The molecule has 0 aliphatic carbocycles. The maximum absolute atomic E-state index is 9.60. The number of rotatable bonds is 10. The lowest BCUT2D eigenvalue weighted by Gasteiger charge is -2.24. The van der Waals surface area contributed by atoms with Crippen LogP contribution >= 0.6 is 0 Å². The van der Waals surface area contributed by atoms with Gasteiger partial charge in [-0.1, -0.05) is 32.9 Å². The van der Waals surface area contributed by atoms with E-state index in [9.17, 15) is 24.0 Å². The third kappa shape index (κ3) is 42.9. The molecule has 0 heterocycles. The summed E-state index contributed by atoms with van der Waals surface area (Å²) in [5.74, 6) is -4.68. The van der Waals surface area contributed by atoms with Gasteiger partial charge in [0.2, 0.25) is 0 Å². The molecule has 244 valence electrons. The summed E-state index contributed by atoms with van der Waals surface area (Å²) in [4.78, 5) is 48.0. The van der Waals surface area contributed by atoms with E-state index >= 15 is 0 Å². The Labute approximate surface area is 243 Å². The molecule has 0 aliphatic rings. The minimum Gasteiger partial charge on any atom is -0.478 e. The summed E-state index contributed by atoms with van der Waals surface area (Å²) in [6.07, 6.45) is -6.39. The molecule has 0 radical (unpaired) electrons. The molecule has 16 nitrogen and oxygen atoms in total. The van der Waals surface area contributed by atoms with E-state index in [1.807, 2.05) is 0 Å². The maximum Gasteiger partial charge on any atom is 0.330 e. The molecule has 0 amide bonds. The normalized spacial score (nSPS) is 11.5. The van der Waals surface area contributed by atoms with Gasteiger partial charge in [-0.3, -0.25) is 0 Å². The molecule has 0 saturated carbocycles. The first-order valence-electron chi connectivity index (χ1n) is 11.1. The Morgan fingerprint density at radius 1 is 0.429 bits per heavy atom. The Bertz CT molecular complexity index is 706. The average Bonchev–Trinajstić information content (AvgIpc) is 2.88. The predicted molar refractivity (Wildman–Crippen MR) is 150 cm³/mol. The lowest BCUT2D eigenvalue weighted by atomic mass is 10.0. The number of aliphatic hydroxyl groups is 6. The molecule has 0 aromatic rings. The van der Waals surface area contributed by atoms with Crippen LogP contribution in [-0.4, -0.2) is 124 Å². The Morgan fingerprint density at radius 2 is 0.524 bits per heavy atom. The van der Waals surface area contributed by atoms with Gasteiger partial charge >= 0.3 is 29.8 Å². The minimum atomic E-state index is -1.67. The van der Waals surface area contributed by atoms with Crippen molar-refractivity contribution in [2.75, 3.05) is 13.2 Å². The van der Waals surface area contributed by atoms with Gasteiger partial charge in [-0.05, 0) is 34.6 Å². The summed E-state index contributed by atoms with van der Waals surface area (Å²) >= 11 is 0. The highest BCUT2D eigenvalue weighted by Gasteiger charge is 2.29. The van der Waals surface area contributed by atoms with E-state index < -0.39 is 67.5 Å². The van der Waals surface area contributed by atoms with Crippen molar-refractivity contribution in [1.82, 2.24) is 0 Å². The van der Waals surface area contributed by atoms with Crippen LogP contribution in [0.15, 0.2) is 60.8 Å². The van der Waals surface area contributed by atoms with Crippen LogP contribution in [0.1, 0.15) is 34.6 Å². The van der Waals surface area contributed by atoms with Crippen molar-refractivity contribution in [3.05, 3.63) is 60.8 Å². The quantitative estimate of drug-likeness (QED) is 0.140. The lowest BCUT2D eigenvalue weighted by Crippen LogP contribution is -2.46. The Morgan fingerprint density at radius 3 is 0.571 bits per heavy atom. The third-order valence-electron chi connectivity index (χ3n) is 3.34. The van der Waals surface area contributed by atoms with E-state index in [1.165, 1.54) is 34.6 Å². The molecule has 0 rings (SSSR count). The zero-order valence-corrected chi connectivity index (χ0v) is 24.2. The zero-order chi connectivity index (χ0) is 35.5. The van der Waals surface area contributed by atoms with E-state index in [-0.39, 0.29) is 27.9 Å². The zero-order valence-electron chi connectivity index (χ0n) is 24.2. The fraction of sp³-hybridized carbons (Fsp3) is 0.423. The molecule has 0 spiro atoms. The van der Waals surface area contributed by atoms with Crippen LogP contribution in [0.3, 0.4) is 0 Å². The number of aliphatic hydroxyl groups excluding tert-OH is 6. The van der Waals surface area contributed by atoms with Crippen LogP contribution < -0.4 is 0 Å². The van der Waals surface area contributed by atoms with Gasteiger partial charge in [0.15, 0.2) is 0 Å². The summed E-state index contributed by atoms with van der Waals surface area (Å²) in [5, 5.41) is 91.6. The van der Waals surface area contributed by atoms with Crippen molar-refractivity contribution in [3.63, 3.8) is 0 Å². The molecule has 11 N–H and O–H groups in total. The van der Waals surface area contributed by atoms with Gasteiger partial charge in [0.05, 0.1) is 13.2 Å². The second-order valence-corrected chi connectivity index (χ2v) is 7.91. The molecular formula is C26H44O16. The van der Waals surface area contributed by atoms with E-state index in [0.29, 0.717) is 0 Å². The van der Waals surface area contributed by atoms with Crippen LogP contribution in [0.5, 0.6) is 0 Å². The SMILES string of the molecule is C=C(C)C(=O)O.C=C(C)C(=O)O.C=C(C)C(=O)O.C=C(C)C(=O)O.C=C(C)C(=O)O.OCC(O)C(O)C(O)C(O)CO. The molecule has 0 fully saturated rings. The first-order chi connectivity index (χ1) is 18.8. The van der Waals surface area contributed by atoms with Crippen LogP contribution in [0.25, 0.3) is 0 Å². The molecule has 42 heavy (non-hydrogen) atoms. The van der Waals surface area contributed by atoms with Gasteiger partial charge in [-0.25, -0.2) is 24.0 Å². The van der Waals surface area contributed by atoms with Crippen LogP contribution in [0, 0.1) is 0 Å². The van der Waals surface area contributed by atoms with Gasteiger partial charge in [0.1, 0.15) is 24.4 Å². The van der Waals surface area contributed by atoms with Gasteiger partial charge in [0.25, 0.3) is 0 Å². The number of hydrogen-bond acceptors (Lipinski definition) is 11. The first kappa shape index (κ1) is 50.6. The number of aliphatic carboxylic acids is 5. The van der Waals surface area contributed by atoms with Crippen molar-refractivity contribution in [2.45, 2.75) is 59.0 Å². The Hall–Kier alpha value is -4.19. The number of hydrogen-bond donors (Lipinski definition) is 11. The second kappa shape index (κ2) is 29.8. The fourth-order valence-electron chi connectivity index (χ4n) is 0.671. The van der Waals surface area contributed by atoms with Crippen molar-refractivity contribution in [3.8, 4) is 0 Å². The summed E-state index contributed by atoms with van der Waals surface area (Å²) < 4.78 is 0. The summed E-state index contributed by atoms with van der Waals surface area (Å²) in [6.45, 7) is 21.6. The monoisotopic (exact) mass is 612 g/mol. The van der Waals surface area contributed by atoms with Crippen LogP contribution in [0.2, 0.25) is 0 Å². The molecule has 0 bridgehead atoms. The van der Waals surface area contributed by atoms with Crippen LogP contribution in [-0.2, 0) is 24.0 Å². The molecule has 0 aromatic carbocycles. The number of carboxylic acids is 5. The summed E-state index contributed by atoms with van der Waals surface area (Å²) in [7, 11) is 0.